The largest absolute Gasteiger partial charge is 0.394 e. The number of thiol groups is 1. The van der Waals surface area contributed by atoms with Crippen LogP contribution in [0.3, 0.4) is 0 Å². The Kier molecular flexibility index (Phi) is 21.2. The van der Waals surface area contributed by atoms with Crippen molar-refractivity contribution in [3.8, 4) is 0 Å². The highest BCUT2D eigenvalue weighted by Crippen LogP contribution is 2.07. The van der Waals surface area contributed by atoms with Crippen molar-refractivity contribution in [1.29, 1.82) is 0 Å². The Hall–Kier alpha value is -2.30. The van der Waals surface area contributed by atoms with Crippen LogP contribution in [-0.4, -0.2) is 97.2 Å². The molecule has 0 radical (unpaired) electrons. The van der Waals surface area contributed by atoms with E-state index in [0.29, 0.717) is 70.9 Å². The first-order valence-electron chi connectivity index (χ1n) is 13.4. The third-order valence-corrected chi connectivity index (χ3v) is 6.36. The Balaban J connectivity index is 5.58. The fourth-order valence-electron chi connectivity index (χ4n) is 3.59. The summed E-state index contributed by atoms with van der Waals surface area (Å²) in [7, 11) is 0. The maximum atomic E-state index is 13.2. The van der Waals surface area contributed by atoms with Crippen LogP contribution < -0.4 is 44.2 Å². The monoisotopic (exact) mass is 576 g/mol. The molecule has 0 aromatic heterocycles. The third kappa shape index (κ3) is 15.8. The van der Waals surface area contributed by atoms with Crippen LogP contribution in [-0.2, 0) is 24.0 Å². The smallest absolute Gasteiger partial charge is 0.245 e. The van der Waals surface area contributed by atoms with E-state index in [9.17, 15) is 29.1 Å². The van der Waals surface area contributed by atoms with Crippen molar-refractivity contribution in [2.75, 3.05) is 32.0 Å². The number of carbonyl (C=O) groups excluding carboxylic acids is 5. The molecule has 0 aromatic rings. The standard InChI is InChI=1S/C24H48N8O6S/c25-10-4-1-7-16(13-33)29-22(36)18(8-2-5-11-26)30-23(37)19(9-3-6-12-27)31-24(38)20(14-34)32-21(35)17(28)15-39/h13,16-20,34,39H,1-12,14-15,25-28H2,(H,29,36)(H,30,37)(H,31,38)(H,32,35)/t16-,17?,18-,19-,20-/m0/s1. The Bertz CT molecular complexity index is 747. The summed E-state index contributed by atoms with van der Waals surface area (Å²) in [4.78, 5) is 62.6. The Morgan fingerprint density at radius 1 is 0.667 bits per heavy atom. The molecule has 0 heterocycles. The van der Waals surface area contributed by atoms with Crippen molar-refractivity contribution >= 4 is 42.5 Å². The summed E-state index contributed by atoms with van der Waals surface area (Å²) in [5, 5.41) is 19.8. The molecule has 0 rings (SSSR count). The zero-order valence-electron chi connectivity index (χ0n) is 22.6. The predicted molar refractivity (Wildman–Crippen MR) is 151 cm³/mol. The maximum absolute atomic E-state index is 13.2. The molecule has 0 fully saturated rings. The molecule has 0 aliphatic carbocycles. The number of amides is 4. The highest BCUT2D eigenvalue weighted by Gasteiger charge is 2.30. The molecule has 0 aromatic carbocycles. The van der Waals surface area contributed by atoms with Crippen molar-refractivity contribution in [2.24, 2.45) is 22.9 Å². The van der Waals surface area contributed by atoms with Crippen LogP contribution in [0.15, 0.2) is 0 Å². The van der Waals surface area contributed by atoms with Gasteiger partial charge in [-0.2, -0.15) is 12.6 Å². The molecule has 1 unspecified atom stereocenters. The van der Waals surface area contributed by atoms with E-state index in [2.05, 4.69) is 33.9 Å². The second kappa shape index (κ2) is 22.5. The molecule has 0 spiro atoms. The molecule has 39 heavy (non-hydrogen) atoms. The molecule has 14 nitrogen and oxygen atoms in total. The Labute approximate surface area is 235 Å². The van der Waals surface area contributed by atoms with Gasteiger partial charge in [0, 0.05) is 5.75 Å². The lowest BCUT2D eigenvalue weighted by Gasteiger charge is -2.26. The van der Waals surface area contributed by atoms with E-state index in [0.717, 1.165) is 0 Å². The van der Waals surface area contributed by atoms with Crippen molar-refractivity contribution in [2.45, 2.75) is 88.0 Å². The highest BCUT2D eigenvalue weighted by atomic mass is 32.1. The molecular weight excluding hydrogens is 528 g/mol. The molecule has 13 N–H and O–H groups in total. The number of aldehydes is 1. The average molecular weight is 577 g/mol. The van der Waals surface area contributed by atoms with Gasteiger partial charge in [-0.25, -0.2) is 0 Å². The SMILES string of the molecule is NCCCC[C@@H](C=O)NC(=O)[C@H](CCCCN)NC(=O)[C@H](CCCCN)NC(=O)[C@H](CO)NC(=O)C(N)CS. The van der Waals surface area contributed by atoms with Gasteiger partial charge in [-0.1, -0.05) is 0 Å². The van der Waals surface area contributed by atoms with Crippen LogP contribution in [0.4, 0.5) is 0 Å². The molecule has 0 aliphatic rings. The summed E-state index contributed by atoms with van der Waals surface area (Å²) in [6.07, 6.45) is 5.13. The van der Waals surface area contributed by atoms with Gasteiger partial charge in [-0.3, -0.25) is 19.2 Å². The van der Waals surface area contributed by atoms with Crippen molar-refractivity contribution < 1.29 is 29.1 Å². The zero-order chi connectivity index (χ0) is 29.6. The molecule has 15 heteroatoms. The molecule has 5 atom stereocenters. The number of hydrogen-bond acceptors (Lipinski definition) is 11. The van der Waals surface area contributed by atoms with E-state index in [1.165, 1.54) is 0 Å². The number of aliphatic hydroxyl groups excluding tert-OH is 1. The minimum absolute atomic E-state index is 0.0291. The zero-order valence-corrected chi connectivity index (χ0v) is 23.5. The number of nitrogens with one attached hydrogen (secondary N) is 4. The van der Waals surface area contributed by atoms with Crippen LogP contribution in [0.2, 0.25) is 0 Å². The van der Waals surface area contributed by atoms with Gasteiger partial charge in [0.25, 0.3) is 0 Å². The fraction of sp³-hybridized carbons (Fsp3) is 0.792. The summed E-state index contributed by atoms with van der Waals surface area (Å²) in [5.41, 5.74) is 22.2. The van der Waals surface area contributed by atoms with E-state index < -0.39 is 60.4 Å². The second-order valence-electron chi connectivity index (χ2n) is 9.26. The molecule has 4 amide bonds. The van der Waals surface area contributed by atoms with Gasteiger partial charge in [-0.15, -0.1) is 0 Å². The summed E-state index contributed by atoms with van der Waals surface area (Å²) in [6, 6.07) is -5.12. The van der Waals surface area contributed by atoms with Gasteiger partial charge in [0.1, 0.15) is 24.4 Å². The number of nitrogens with two attached hydrogens (primary N) is 4. The second-order valence-corrected chi connectivity index (χ2v) is 9.62. The Morgan fingerprint density at radius 3 is 1.49 bits per heavy atom. The number of unbranched alkanes of at least 4 members (excludes halogenated alkanes) is 3. The van der Waals surface area contributed by atoms with E-state index in [4.69, 9.17) is 22.9 Å². The van der Waals surface area contributed by atoms with Gasteiger partial charge >= 0.3 is 0 Å². The third-order valence-electron chi connectivity index (χ3n) is 5.97. The lowest BCUT2D eigenvalue weighted by molar-refractivity contribution is -0.134. The maximum Gasteiger partial charge on any atom is 0.245 e. The molecular formula is C24H48N8O6S. The molecule has 0 bridgehead atoms. The number of hydrogen-bond donors (Lipinski definition) is 10. The number of rotatable bonds is 23. The first-order chi connectivity index (χ1) is 18.7. The molecule has 0 saturated carbocycles. The highest BCUT2D eigenvalue weighted by molar-refractivity contribution is 7.80. The van der Waals surface area contributed by atoms with Crippen LogP contribution in [0.5, 0.6) is 0 Å². The molecule has 0 aliphatic heterocycles. The summed E-state index contributed by atoms with van der Waals surface area (Å²) in [6.45, 7) is 0.522. The molecule has 0 saturated heterocycles. The van der Waals surface area contributed by atoms with E-state index in [1.54, 1.807) is 0 Å². The minimum Gasteiger partial charge on any atom is -0.394 e. The van der Waals surface area contributed by atoms with Crippen LogP contribution >= 0.6 is 12.6 Å². The van der Waals surface area contributed by atoms with Crippen LogP contribution in [0.1, 0.15) is 57.8 Å². The number of carbonyl (C=O) groups is 5. The average Bonchev–Trinajstić information content (AvgIpc) is 2.93. The van der Waals surface area contributed by atoms with Gasteiger partial charge in [0.2, 0.25) is 23.6 Å². The van der Waals surface area contributed by atoms with Crippen LogP contribution in [0, 0.1) is 0 Å². The summed E-state index contributed by atoms with van der Waals surface area (Å²) < 4.78 is 0. The normalized spacial score (nSPS) is 14.8. The predicted octanol–water partition coefficient (Wildman–Crippen LogP) is -3.24. The first kappa shape index (κ1) is 36.7. The van der Waals surface area contributed by atoms with Crippen molar-refractivity contribution in [3.63, 3.8) is 0 Å². The lowest BCUT2D eigenvalue weighted by atomic mass is 10.0. The van der Waals surface area contributed by atoms with Gasteiger partial charge in [0.05, 0.1) is 18.7 Å². The topological polar surface area (TPSA) is 258 Å². The van der Waals surface area contributed by atoms with E-state index in [-0.39, 0.29) is 18.6 Å². The van der Waals surface area contributed by atoms with Gasteiger partial charge in [0.15, 0.2) is 0 Å². The van der Waals surface area contributed by atoms with Crippen molar-refractivity contribution in [3.05, 3.63) is 0 Å². The lowest BCUT2D eigenvalue weighted by Crippen LogP contribution is -2.59. The van der Waals surface area contributed by atoms with Gasteiger partial charge in [-0.05, 0) is 77.4 Å². The first-order valence-corrected chi connectivity index (χ1v) is 14.1. The molecule has 226 valence electrons. The van der Waals surface area contributed by atoms with Gasteiger partial charge < -0.3 is 54.1 Å². The van der Waals surface area contributed by atoms with Crippen LogP contribution in [0.25, 0.3) is 0 Å². The van der Waals surface area contributed by atoms with E-state index >= 15 is 0 Å². The Morgan fingerprint density at radius 2 is 1.08 bits per heavy atom. The van der Waals surface area contributed by atoms with Crippen molar-refractivity contribution in [1.82, 2.24) is 21.3 Å². The van der Waals surface area contributed by atoms with E-state index in [1.807, 2.05) is 0 Å². The fourth-order valence-corrected chi connectivity index (χ4v) is 3.76. The minimum atomic E-state index is -1.35. The number of aliphatic hydroxyl groups is 1. The quantitative estimate of drug-likeness (QED) is 0.0330. The summed E-state index contributed by atoms with van der Waals surface area (Å²) in [5.74, 6) is -2.61. The summed E-state index contributed by atoms with van der Waals surface area (Å²) >= 11 is 3.94.